The number of hydrogen-bond donors (Lipinski definition) is 2. The fourth-order valence-electron chi connectivity index (χ4n) is 1.52. The molecule has 1 heterocycles. The summed E-state index contributed by atoms with van der Waals surface area (Å²) in [6.07, 6.45) is -0.373. The molecule has 0 saturated heterocycles. The third-order valence-electron chi connectivity index (χ3n) is 2.77. The summed E-state index contributed by atoms with van der Waals surface area (Å²) >= 11 is 1.57. The van der Waals surface area contributed by atoms with Crippen molar-refractivity contribution in [2.45, 2.75) is 30.2 Å². The molecule has 0 aliphatic carbocycles. The van der Waals surface area contributed by atoms with Crippen molar-refractivity contribution in [3.63, 3.8) is 0 Å². The van der Waals surface area contributed by atoms with Crippen molar-refractivity contribution in [3.8, 4) is 0 Å². The SMILES string of the molecule is CNc1nc(SC(C)C(C)O)c2ccccc2n1. The molecule has 0 radical (unpaired) electrons. The molecule has 0 bridgehead atoms. The predicted molar refractivity (Wildman–Crippen MR) is 76.1 cm³/mol. The first-order chi connectivity index (χ1) is 8.61. The van der Waals surface area contributed by atoms with Crippen LogP contribution < -0.4 is 5.32 Å². The Bertz CT molecular complexity index is 545. The highest BCUT2D eigenvalue weighted by atomic mass is 32.2. The summed E-state index contributed by atoms with van der Waals surface area (Å²) in [7, 11) is 1.80. The average Bonchev–Trinajstić information content (AvgIpc) is 2.38. The number of aromatic nitrogens is 2. The maximum Gasteiger partial charge on any atom is 0.224 e. The van der Waals surface area contributed by atoms with Gasteiger partial charge >= 0.3 is 0 Å². The van der Waals surface area contributed by atoms with Crippen LogP contribution in [0.25, 0.3) is 10.9 Å². The highest BCUT2D eigenvalue weighted by Gasteiger charge is 2.14. The van der Waals surface area contributed by atoms with Gasteiger partial charge in [-0.3, -0.25) is 0 Å². The number of aliphatic hydroxyl groups excluding tert-OH is 1. The van der Waals surface area contributed by atoms with Crippen LogP contribution in [-0.4, -0.2) is 33.5 Å². The molecule has 0 aliphatic heterocycles. The Morgan fingerprint density at radius 3 is 2.61 bits per heavy atom. The van der Waals surface area contributed by atoms with Crippen LogP contribution >= 0.6 is 11.8 Å². The smallest absolute Gasteiger partial charge is 0.224 e. The lowest BCUT2D eigenvalue weighted by molar-refractivity contribution is 0.196. The Morgan fingerprint density at radius 1 is 1.22 bits per heavy atom. The van der Waals surface area contributed by atoms with Gasteiger partial charge in [0.1, 0.15) is 5.03 Å². The largest absolute Gasteiger partial charge is 0.392 e. The van der Waals surface area contributed by atoms with Crippen molar-refractivity contribution < 1.29 is 5.11 Å². The molecule has 0 spiro atoms. The van der Waals surface area contributed by atoms with E-state index in [0.29, 0.717) is 5.95 Å². The number of aliphatic hydroxyl groups is 1. The van der Waals surface area contributed by atoms with Crippen molar-refractivity contribution in [1.82, 2.24) is 9.97 Å². The highest BCUT2D eigenvalue weighted by Crippen LogP contribution is 2.30. The molecule has 5 heteroatoms. The Labute approximate surface area is 111 Å². The van der Waals surface area contributed by atoms with Gasteiger partial charge in [0, 0.05) is 17.7 Å². The fraction of sp³-hybridized carbons (Fsp3) is 0.385. The van der Waals surface area contributed by atoms with Gasteiger partial charge in [-0.05, 0) is 13.0 Å². The first-order valence-electron chi connectivity index (χ1n) is 5.91. The quantitative estimate of drug-likeness (QED) is 0.656. The minimum absolute atomic E-state index is 0.0908. The number of benzene rings is 1. The lowest BCUT2D eigenvalue weighted by atomic mass is 10.2. The lowest BCUT2D eigenvalue weighted by Gasteiger charge is -2.15. The molecule has 2 atom stereocenters. The van der Waals surface area contributed by atoms with E-state index in [1.54, 1.807) is 25.7 Å². The standard InChI is InChI=1S/C13H17N3OS/c1-8(17)9(2)18-12-10-6-4-5-7-11(10)15-13(14-3)16-12/h4-9,17H,1-3H3,(H,14,15,16). The zero-order valence-electron chi connectivity index (χ0n) is 10.7. The predicted octanol–water partition coefficient (Wildman–Crippen LogP) is 2.53. The van der Waals surface area contributed by atoms with Crippen LogP contribution in [0.15, 0.2) is 29.3 Å². The molecule has 2 aromatic rings. The first-order valence-corrected chi connectivity index (χ1v) is 6.79. The molecular formula is C13H17N3OS. The maximum atomic E-state index is 9.60. The van der Waals surface area contributed by atoms with Gasteiger partial charge in [0.05, 0.1) is 11.6 Å². The van der Waals surface area contributed by atoms with Crippen molar-refractivity contribution in [2.24, 2.45) is 0 Å². The summed E-state index contributed by atoms with van der Waals surface area (Å²) in [5.41, 5.74) is 0.914. The molecule has 0 aliphatic rings. The van der Waals surface area contributed by atoms with E-state index in [2.05, 4.69) is 15.3 Å². The monoisotopic (exact) mass is 263 g/mol. The van der Waals surface area contributed by atoms with Gasteiger partial charge < -0.3 is 10.4 Å². The number of para-hydroxylation sites is 1. The molecule has 1 aromatic carbocycles. The van der Waals surface area contributed by atoms with Gasteiger partial charge in [0.2, 0.25) is 5.95 Å². The highest BCUT2D eigenvalue weighted by molar-refractivity contribution is 8.00. The van der Waals surface area contributed by atoms with Crippen molar-refractivity contribution in [1.29, 1.82) is 0 Å². The van der Waals surface area contributed by atoms with Crippen LogP contribution in [0.3, 0.4) is 0 Å². The van der Waals surface area contributed by atoms with Gasteiger partial charge in [-0.15, -0.1) is 0 Å². The van der Waals surface area contributed by atoms with E-state index in [1.807, 2.05) is 31.2 Å². The van der Waals surface area contributed by atoms with Crippen molar-refractivity contribution >= 4 is 28.6 Å². The minimum atomic E-state index is -0.373. The van der Waals surface area contributed by atoms with Gasteiger partial charge in [-0.25, -0.2) is 9.97 Å². The minimum Gasteiger partial charge on any atom is -0.392 e. The molecular weight excluding hydrogens is 246 g/mol. The zero-order valence-corrected chi connectivity index (χ0v) is 11.5. The fourth-order valence-corrected chi connectivity index (χ4v) is 2.51. The van der Waals surface area contributed by atoms with E-state index in [9.17, 15) is 5.11 Å². The second-order valence-electron chi connectivity index (χ2n) is 4.18. The zero-order chi connectivity index (χ0) is 13.1. The molecule has 0 amide bonds. The maximum absolute atomic E-state index is 9.60. The number of thioether (sulfide) groups is 1. The van der Waals surface area contributed by atoms with E-state index in [-0.39, 0.29) is 11.4 Å². The molecule has 4 nitrogen and oxygen atoms in total. The third kappa shape index (κ3) is 2.73. The van der Waals surface area contributed by atoms with E-state index in [1.165, 1.54) is 0 Å². The summed E-state index contributed by atoms with van der Waals surface area (Å²) in [6.45, 7) is 3.78. The van der Waals surface area contributed by atoms with E-state index in [0.717, 1.165) is 15.9 Å². The molecule has 2 unspecified atom stereocenters. The Kier molecular flexibility index (Phi) is 4.04. The second kappa shape index (κ2) is 5.54. The van der Waals surface area contributed by atoms with Crippen LogP contribution in [0.4, 0.5) is 5.95 Å². The molecule has 0 saturated carbocycles. The molecule has 18 heavy (non-hydrogen) atoms. The Balaban J connectivity index is 2.47. The topological polar surface area (TPSA) is 58.0 Å². The second-order valence-corrected chi connectivity index (χ2v) is 5.55. The molecule has 2 rings (SSSR count). The number of fused-ring (bicyclic) bond motifs is 1. The number of anilines is 1. The van der Waals surface area contributed by atoms with Crippen LogP contribution in [0.5, 0.6) is 0 Å². The number of hydrogen-bond acceptors (Lipinski definition) is 5. The van der Waals surface area contributed by atoms with Crippen LogP contribution in [0.2, 0.25) is 0 Å². The van der Waals surface area contributed by atoms with Crippen LogP contribution in [0.1, 0.15) is 13.8 Å². The number of nitrogens with zero attached hydrogens (tertiary/aromatic N) is 2. The molecule has 0 fully saturated rings. The summed E-state index contributed by atoms with van der Waals surface area (Å²) in [5, 5.41) is 14.6. The number of nitrogens with one attached hydrogen (secondary N) is 1. The van der Waals surface area contributed by atoms with Gasteiger partial charge in [0.15, 0.2) is 0 Å². The average molecular weight is 263 g/mol. The molecule has 1 aromatic heterocycles. The molecule has 2 N–H and O–H groups in total. The van der Waals surface area contributed by atoms with Gasteiger partial charge in [0.25, 0.3) is 0 Å². The Hall–Kier alpha value is -1.33. The van der Waals surface area contributed by atoms with E-state index in [4.69, 9.17) is 0 Å². The van der Waals surface area contributed by atoms with E-state index >= 15 is 0 Å². The van der Waals surface area contributed by atoms with Gasteiger partial charge in [-0.2, -0.15) is 0 Å². The van der Waals surface area contributed by atoms with Gasteiger partial charge in [-0.1, -0.05) is 36.9 Å². The summed E-state index contributed by atoms with van der Waals surface area (Å²) in [5.74, 6) is 0.606. The summed E-state index contributed by atoms with van der Waals surface area (Å²) in [4.78, 5) is 8.88. The first kappa shape index (κ1) is 13.1. The van der Waals surface area contributed by atoms with Crippen molar-refractivity contribution in [3.05, 3.63) is 24.3 Å². The Morgan fingerprint density at radius 2 is 1.94 bits per heavy atom. The normalized spacial score (nSPS) is 14.4. The third-order valence-corrected chi connectivity index (χ3v) is 4.07. The van der Waals surface area contributed by atoms with Crippen LogP contribution in [0, 0.1) is 0 Å². The summed E-state index contributed by atoms with van der Waals surface area (Å²) in [6, 6.07) is 7.91. The lowest BCUT2D eigenvalue weighted by Crippen LogP contribution is -2.15. The van der Waals surface area contributed by atoms with E-state index < -0.39 is 0 Å². The van der Waals surface area contributed by atoms with Crippen molar-refractivity contribution in [2.75, 3.05) is 12.4 Å². The molecule has 96 valence electrons. The summed E-state index contributed by atoms with van der Waals surface area (Å²) < 4.78 is 0. The number of rotatable bonds is 4. The van der Waals surface area contributed by atoms with Crippen LogP contribution in [-0.2, 0) is 0 Å².